The number of hydrogen-bond donors (Lipinski definition) is 1. The second-order valence-electron chi connectivity index (χ2n) is 7.15. The molecule has 0 spiro atoms. The summed E-state index contributed by atoms with van der Waals surface area (Å²) in [4.78, 5) is 2.71. The first-order chi connectivity index (χ1) is 9.83. The van der Waals surface area contributed by atoms with Crippen LogP contribution >= 0.6 is 0 Å². The first-order valence-electron chi connectivity index (χ1n) is 8.93. The Morgan fingerprint density at radius 3 is 2.50 bits per heavy atom. The molecule has 2 saturated carbocycles. The topological polar surface area (TPSA) is 24.5 Å². The summed E-state index contributed by atoms with van der Waals surface area (Å²) in [5.74, 6) is 0. The molecule has 0 amide bonds. The van der Waals surface area contributed by atoms with Gasteiger partial charge in [0.05, 0.1) is 12.7 Å². The van der Waals surface area contributed by atoms with Crippen molar-refractivity contribution in [1.29, 1.82) is 0 Å². The highest BCUT2D eigenvalue weighted by Crippen LogP contribution is 2.33. The largest absolute Gasteiger partial charge is 0.377 e. The summed E-state index contributed by atoms with van der Waals surface area (Å²) in [6, 6.07) is 2.39. The molecule has 2 atom stereocenters. The van der Waals surface area contributed by atoms with Crippen LogP contribution in [-0.4, -0.2) is 48.8 Å². The summed E-state index contributed by atoms with van der Waals surface area (Å²) < 4.78 is 6.06. The van der Waals surface area contributed by atoms with Gasteiger partial charge >= 0.3 is 0 Å². The third-order valence-corrected chi connectivity index (χ3v) is 5.33. The summed E-state index contributed by atoms with van der Waals surface area (Å²) in [5, 5.41) is 3.71. The highest BCUT2D eigenvalue weighted by Gasteiger charge is 2.38. The van der Waals surface area contributed by atoms with E-state index in [-0.39, 0.29) is 0 Å². The molecule has 0 aromatic rings. The number of nitrogens with zero attached hydrogens (tertiary/aromatic N) is 1. The zero-order chi connectivity index (χ0) is 13.8. The lowest BCUT2D eigenvalue weighted by atomic mass is 10.1. The zero-order valence-electron chi connectivity index (χ0n) is 13.2. The first-order valence-corrected chi connectivity index (χ1v) is 8.93. The number of rotatable bonds is 6. The fourth-order valence-corrected chi connectivity index (χ4v) is 4.02. The Labute approximate surface area is 124 Å². The number of hydrogen-bond acceptors (Lipinski definition) is 3. The van der Waals surface area contributed by atoms with Gasteiger partial charge in [0.15, 0.2) is 0 Å². The van der Waals surface area contributed by atoms with Crippen molar-refractivity contribution in [3.05, 3.63) is 0 Å². The van der Waals surface area contributed by atoms with E-state index in [1.165, 1.54) is 64.3 Å². The SMILES string of the molecule is C[C@H]1C[C@H](NCCOC2CCCCCC2)CN1C1CC1. The molecule has 20 heavy (non-hydrogen) atoms. The molecule has 3 heteroatoms. The molecular formula is C17H32N2O. The van der Waals surface area contributed by atoms with Crippen molar-refractivity contribution in [2.24, 2.45) is 0 Å². The normalized spacial score (nSPS) is 33.5. The summed E-state index contributed by atoms with van der Waals surface area (Å²) in [7, 11) is 0. The lowest BCUT2D eigenvalue weighted by molar-refractivity contribution is 0.0441. The van der Waals surface area contributed by atoms with Crippen molar-refractivity contribution >= 4 is 0 Å². The molecule has 0 aromatic carbocycles. The van der Waals surface area contributed by atoms with Gasteiger partial charge in [-0.3, -0.25) is 4.90 Å². The Kier molecular flexibility index (Phi) is 5.36. The molecule has 1 saturated heterocycles. The van der Waals surface area contributed by atoms with Gasteiger partial charge in [-0.05, 0) is 39.0 Å². The maximum absolute atomic E-state index is 6.06. The molecule has 1 N–H and O–H groups in total. The fraction of sp³-hybridized carbons (Fsp3) is 1.00. The van der Waals surface area contributed by atoms with Crippen molar-refractivity contribution in [2.45, 2.75) is 88.9 Å². The Balaban J connectivity index is 1.28. The Morgan fingerprint density at radius 2 is 1.80 bits per heavy atom. The van der Waals surface area contributed by atoms with Crippen LogP contribution in [0.15, 0.2) is 0 Å². The summed E-state index contributed by atoms with van der Waals surface area (Å²) in [6.45, 7) is 5.59. The second-order valence-corrected chi connectivity index (χ2v) is 7.15. The Bertz CT molecular complexity index is 285. The highest BCUT2D eigenvalue weighted by molar-refractivity contribution is 4.95. The molecule has 0 unspecified atom stereocenters. The number of ether oxygens (including phenoxy) is 1. The summed E-state index contributed by atoms with van der Waals surface area (Å²) in [5.41, 5.74) is 0. The number of likely N-dealkylation sites (tertiary alicyclic amines) is 1. The van der Waals surface area contributed by atoms with Gasteiger partial charge < -0.3 is 10.1 Å². The first kappa shape index (κ1) is 14.8. The minimum atomic E-state index is 0.546. The number of nitrogens with one attached hydrogen (secondary N) is 1. The van der Waals surface area contributed by atoms with Gasteiger partial charge in [0.25, 0.3) is 0 Å². The van der Waals surface area contributed by atoms with E-state index in [4.69, 9.17) is 4.74 Å². The van der Waals surface area contributed by atoms with E-state index in [9.17, 15) is 0 Å². The van der Waals surface area contributed by atoms with E-state index in [0.717, 1.165) is 25.2 Å². The molecule has 1 heterocycles. The Hall–Kier alpha value is -0.120. The summed E-state index contributed by atoms with van der Waals surface area (Å²) in [6.07, 6.45) is 12.9. The quantitative estimate of drug-likeness (QED) is 0.598. The van der Waals surface area contributed by atoms with Gasteiger partial charge in [-0.2, -0.15) is 0 Å². The lowest BCUT2D eigenvalue weighted by Crippen LogP contribution is -2.36. The molecular weight excluding hydrogens is 248 g/mol. The maximum Gasteiger partial charge on any atom is 0.0594 e. The molecule has 0 bridgehead atoms. The van der Waals surface area contributed by atoms with Crippen molar-refractivity contribution in [1.82, 2.24) is 10.2 Å². The molecule has 3 rings (SSSR count). The maximum atomic E-state index is 6.06. The van der Waals surface area contributed by atoms with Crippen molar-refractivity contribution in [3.8, 4) is 0 Å². The van der Waals surface area contributed by atoms with Crippen LogP contribution in [0.4, 0.5) is 0 Å². The van der Waals surface area contributed by atoms with E-state index >= 15 is 0 Å². The van der Waals surface area contributed by atoms with E-state index in [1.54, 1.807) is 0 Å². The molecule has 0 aromatic heterocycles. The van der Waals surface area contributed by atoms with Crippen LogP contribution in [0.3, 0.4) is 0 Å². The van der Waals surface area contributed by atoms with Gasteiger partial charge in [0.2, 0.25) is 0 Å². The summed E-state index contributed by atoms with van der Waals surface area (Å²) >= 11 is 0. The molecule has 0 radical (unpaired) electrons. The molecule has 3 aliphatic rings. The molecule has 1 aliphatic heterocycles. The second kappa shape index (κ2) is 7.24. The van der Waals surface area contributed by atoms with Crippen molar-refractivity contribution in [2.75, 3.05) is 19.7 Å². The van der Waals surface area contributed by atoms with Gasteiger partial charge in [0.1, 0.15) is 0 Å². The van der Waals surface area contributed by atoms with E-state index < -0.39 is 0 Å². The highest BCUT2D eigenvalue weighted by atomic mass is 16.5. The van der Waals surface area contributed by atoms with E-state index in [0.29, 0.717) is 12.1 Å². The van der Waals surface area contributed by atoms with Crippen LogP contribution in [0.25, 0.3) is 0 Å². The van der Waals surface area contributed by atoms with Gasteiger partial charge in [0, 0.05) is 31.2 Å². The fourth-order valence-electron chi connectivity index (χ4n) is 4.02. The van der Waals surface area contributed by atoms with Crippen LogP contribution in [-0.2, 0) is 4.74 Å². The molecule has 3 fully saturated rings. The average Bonchev–Trinajstić information content (AvgIpc) is 3.24. The van der Waals surface area contributed by atoms with Gasteiger partial charge in [-0.15, -0.1) is 0 Å². The average molecular weight is 280 g/mol. The van der Waals surface area contributed by atoms with E-state index in [2.05, 4.69) is 17.1 Å². The third kappa shape index (κ3) is 4.19. The monoisotopic (exact) mass is 280 g/mol. The predicted octanol–water partition coefficient (Wildman–Crippen LogP) is 2.94. The lowest BCUT2D eigenvalue weighted by Gasteiger charge is -2.20. The zero-order valence-corrected chi connectivity index (χ0v) is 13.2. The Morgan fingerprint density at radius 1 is 1.05 bits per heavy atom. The van der Waals surface area contributed by atoms with E-state index in [1.807, 2.05) is 0 Å². The van der Waals surface area contributed by atoms with Crippen molar-refractivity contribution in [3.63, 3.8) is 0 Å². The predicted molar refractivity (Wildman–Crippen MR) is 83.0 cm³/mol. The third-order valence-electron chi connectivity index (χ3n) is 5.33. The molecule has 2 aliphatic carbocycles. The standard InChI is InChI=1S/C17H32N2O/c1-14-12-15(13-19(14)16-8-9-16)18-10-11-20-17-6-4-2-3-5-7-17/h14-18H,2-13H2,1H3/t14-,15-/m0/s1. The van der Waals surface area contributed by atoms with Crippen LogP contribution in [0.2, 0.25) is 0 Å². The molecule has 3 nitrogen and oxygen atoms in total. The van der Waals surface area contributed by atoms with Gasteiger partial charge in [-0.25, -0.2) is 0 Å². The van der Waals surface area contributed by atoms with Crippen LogP contribution in [0, 0.1) is 0 Å². The smallest absolute Gasteiger partial charge is 0.0594 e. The molecule has 116 valence electrons. The minimum absolute atomic E-state index is 0.546. The van der Waals surface area contributed by atoms with Gasteiger partial charge in [-0.1, -0.05) is 25.7 Å². The van der Waals surface area contributed by atoms with Crippen LogP contribution in [0.1, 0.15) is 64.7 Å². The van der Waals surface area contributed by atoms with Crippen molar-refractivity contribution < 1.29 is 4.74 Å². The van der Waals surface area contributed by atoms with Crippen LogP contribution < -0.4 is 5.32 Å². The van der Waals surface area contributed by atoms with Crippen LogP contribution in [0.5, 0.6) is 0 Å². The minimum Gasteiger partial charge on any atom is -0.377 e.